The van der Waals surface area contributed by atoms with E-state index >= 15 is 0 Å². The van der Waals surface area contributed by atoms with E-state index in [-0.39, 0.29) is 6.10 Å². The summed E-state index contributed by atoms with van der Waals surface area (Å²) in [5.74, 6) is 2.66. The molecule has 0 radical (unpaired) electrons. The predicted octanol–water partition coefficient (Wildman–Crippen LogP) is 4.31. The summed E-state index contributed by atoms with van der Waals surface area (Å²) in [5.41, 5.74) is 13.1. The maximum atomic E-state index is 9.66. The quantitative estimate of drug-likeness (QED) is 0.309. The van der Waals surface area contributed by atoms with Gasteiger partial charge in [-0.05, 0) is 94.3 Å². The van der Waals surface area contributed by atoms with Crippen molar-refractivity contribution in [1.29, 1.82) is 0 Å². The van der Waals surface area contributed by atoms with E-state index in [9.17, 15) is 5.11 Å². The van der Waals surface area contributed by atoms with Gasteiger partial charge in [0, 0.05) is 60.9 Å². The van der Waals surface area contributed by atoms with Gasteiger partial charge in [0.15, 0.2) is 0 Å². The number of pyridine rings is 2. The second kappa shape index (κ2) is 18.2. The molecule has 4 heterocycles. The second-order valence-corrected chi connectivity index (χ2v) is 11.8. The predicted molar refractivity (Wildman–Crippen MR) is 179 cm³/mol. The van der Waals surface area contributed by atoms with Gasteiger partial charge in [0.05, 0.1) is 18.0 Å². The molecule has 1 aromatic carbocycles. The van der Waals surface area contributed by atoms with E-state index in [1.165, 1.54) is 7.05 Å². The van der Waals surface area contributed by atoms with E-state index in [0.29, 0.717) is 34.1 Å². The van der Waals surface area contributed by atoms with Gasteiger partial charge in [-0.25, -0.2) is 9.97 Å². The number of likely N-dealkylation sites (tertiary alicyclic amines) is 1. The summed E-state index contributed by atoms with van der Waals surface area (Å²) in [6.45, 7) is 11.7. The first-order chi connectivity index (χ1) is 21.3. The fraction of sp³-hybridized carbons (Fsp3) is 0.469. The zero-order valence-corrected chi connectivity index (χ0v) is 27.2. The molecule has 1 unspecified atom stereocenters. The number of rotatable bonds is 9. The number of anilines is 1. The van der Waals surface area contributed by atoms with Crippen LogP contribution in [0.25, 0.3) is 11.3 Å². The summed E-state index contributed by atoms with van der Waals surface area (Å²) in [6, 6.07) is 13.5. The van der Waals surface area contributed by atoms with Crippen LogP contribution in [0.3, 0.4) is 0 Å². The highest BCUT2D eigenvalue weighted by Gasteiger charge is 2.20. The number of aliphatic hydroxyl groups excluding tert-OH is 1. The molecule has 5 N–H and O–H groups in total. The molecule has 0 aliphatic carbocycles. The zero-order valence-electron chi connectivity index (χ0n) is 25.7. The molecule has 5 rings (SSSR count). The fourth-order valence-electron chi connectivity index (χ4n) is 5.46. The Morgan fingerprint density at radius 3 is 2.20 bits per heavy atom. The molecule has 240 valence electrons. The number of hydrogen-bond donors (Lipinski definition) is 3. The van der Waals surface area contributed by atoms with E-state index in [4.69, 9.17) is 43.5 Å². The number of aromatic nitrogens is 2. The molecular weight excluding hydrogens is 601 g/mol. The van der Waals surface area contributed by atoms with Gasteiger partial charge in [-0.1, -0.05) is 23.2 Å². The van der Waals surface area contributed by atoms with E-state index in [0.717, 1.165) is 87.8 Å². The molecule has 0 bridgehead atoms. The number of nitrogens with two attached hydrogens (primary N) is 2. The number of aliphatic hydroxyl groups is 1. The Labute approximate surface area is 270 Å². The molecule has 44 heavy (non-hydrogen) atoms. The molecule has 0 saturated carbocycles. The number of halogens is 2. The Morgan fingerprint density at radius 1 is 0.977 bits per heavy atom. The van der Waals surface area contributed by atoms with Gasteiger partial charge in [-0.15, -0.1) is 0 Å². The van der Waals surface area contributed by atoms with Crippen LogP contribution in [0, 0.1) is 5.92 Å². The average molecular weight is 647 g/mol. The lowest BCUT2D eigenvalue weighted by atomic mass is 9.97. The monoisotopic (exact) mass is 645 g/mol. The molecular formula is C32H45Cl2N7O3. The summed E-state index contributed by atoms with van der Waals surface area (Å²) >= 11 is 12.6. The average Bonchev–Trinajstić information content (AvgIpc) is 3.03. The van der Waals surface area contributed by atoms with Crippen molar-refractivity contribution < 1.29 is 14.6 Å². The lowest BCUT2D eigenvalue weighted by Crippen LogP contribution is -2.48. The topological polar surface area (TPSA) is 134 Å². The largest absolute Gasteiger partial charge is 0.437 e. The second-order valence-electron chi connectivity index (χ2n) is 10.9. The molecule has 2 aromatic heterocycles. The first-order valence-corrected chi connectivity index (χ1v) is 15.7. The Bertz CT molecular complexity index is 1260. The Morgan fingerprint density at radius 2 is 1.64 bits per heavy atom. The minimum absolute atomic E-state index is 0.312. The van der Waals surface area contributed by atoms with Crippen LogP contribution < -0.4 is 21.1 Å². The highest BCUT2D eigenvalue weighted by molar-refractivity contribution is 6.35. The molecule has 2 saturated heterocycles. The van der Waals surface area contributed by atoms with Crippen LogP contribution in [0.1, 0.15) is 25.3 Å². The number of carbonyl (C=O) groups is 1. The van der Waals surface area contributed by atoms with Crippen LogP contribution in [-0.4, -0.2) is 97.2 Å². The smallest absolute Gasteiger partial charge is 0.220 e. The summed E-state index contributed by atoms with van der Waals surface area (Å²) in [5, 5.41) is 10.8. The molecule has 12 heteroatoms. The van der Waals surface area contributed by atoms with Crippen LogP contribution in [-0.2, 0) is 11.3 Å². The standard InChI is InChI=1S/C30H38Cl2N6O2.CH5N.CH2O/c1-21(39)19-37-8-10-38(11-9-37)29-3-2-27(18-34-29)40-30-13-23(20-36-6-4-22(17-33)5-7-36)12-28(35-30)24-14-25(31)16-26(32)15-24;2*1-2/h2-3,12-16,18,21-22,39H,4-11,17,19-20,33H2,1H3;2H2,1H3;1H2. The van der Waals surface area contributed by atoms with Gasteiger partial charge in [-0.2, -0.15) is 0 Å². The molecule has 0 amide bonds. The first kappa shape index (κ1) is 35.6. The summed E-state index contributed by atoms with van der Waals surface area (Å²) in [6.07, 6.45) is 3.68. The first-order valence-electron chi connectivity index (χ1n) is 14.9. The number of nitrogens with zero attached hydrogens (tertiary/aromatic N) is 5. The summed E-state index contributed by atoms with van der Waals surface area (Å²) in [4.78, 5) is 24.5. The fourth-order valence-corrected chi connectivity index (χ4v) is 5.99. The van der Waals surface area contributed by atoms with Gasteiger partial charge in [0.1, 0.15) is 18.4 Å². The van der Waals surface area contributed by atoms with Gasteiger partial charge in [-0.3, -0.25) is 9.80 Å². The van der Waals surface area contributed by atoms with Crippen molar-refractivity contribution in [2.75, 3.05) is 64.3 Å². The third kappa shape index (κ3) is 10.7. The van der Waals surface area contributed by atoms with E-state index < -0.39 is 0 Å². The molecule has 10 nitrogen and oxygen atoms in total. The highest BCUT2D eigenvalue weighted by Crippen LogP contribution is 2.31. The number of hydrogen-bond acceptors (Lipinski definition) is 10. The Balaban J connectivity index is 0.00000127. The van der Waals surface area contributed by atoms with Crippen LogP contribution in [0.2, 0.25) is 10.0 Å². The minimum Gasteiger partial charge on any atom is -0.437 e. The molecule has 2 fully saturated rings. The maximum absolute atomic E-state index is 9.66. The highest BCUT2D eigenvalue weighted by atomic mass is 35.5. The molecule has 3 aromatic rings. The normalized spacial score (nSPS) is 16.8. The summed E-state index contributed by atoms with van der Waals surface area (Å²) in [7, 11) is 1.50. The molecule has 0 spiro atoms. The number of ether oxygens (including phenoxy) is 1. The number of carbonyl (C=O) groups excluding carboxylic acids is 1. The lowest BCUT2D eigenvalue weighted by Gasteiger charge is -2.35. The van der Waals surface area contributed by atoms with Gasteiger partial charge in [0.25, 0.3) is 0 Å². The van der Waals surface area contributed by atoms with Crippen molar-refractivity contribution in [3.05, 3.63) is 64.3 Å². The molecule has 1 atom stereocenters. The van der Waals surface area contributed by atoms with Crippen molar-refractivity contribution >= 4 is 35.8 Å². The van der Waals surface area contributed by atoms with Gasteiger partial charge >= 0.3 is 0 Å². The van der Waals surface area contributed by atoms with Crippen LogP contribution in [0.5, 0.6) is 11.6 Å². The van der Waals surface area contributed by atoms with Crippen LogP contribution in [0.15, 0.2) is 48.7 Å². The van der Waals surface area contributed by atoms with Crippen molar-refractivity contribution in [2.45, 2.75) is 32.4 Å². The van der Waals surface area contributed by atoms with Crippen LogP contribution in [0.4, 0.5) is 5.82 Å². The Hall–Kier alpha value is -2.83. The maximum Gasteiger partial charge on any atom is 0.220 e. The van der Waals surface area contributed by atoms with E-state index in [2.05, 4.69) is 31.5 Å². The summed E-state index contributed by atoms with van der Waals surface area (Å²) < 4.78 is 6.24. The van der Waals surface area contributed by atoms with Gasteiger partial charge in [0.2, 0.25) is 5.88 Å². The van der Waals surface area contributed by atoms with Crippen molar-refractivity contribution in [2.24, 2.45) is 17.4 Å². The zero-order chi connectivity index (χ0) is 32.1. The molecule has 2 aliphatic rings. The van der Waals surface area contributed by atoms with Crippen molar-refractivity contribution in [3.8, 4) is 22.9 Å². The third-order valence-corrected chi connectivity index (χ3v) is 8.06. The third-order valence-electron chi connectivity index (χ3n) is 7.63. The number of piperidine rings is 1. The van der Waals surface area contributed by atoms with Crippen LogP contribution >= 0.6 is 23.2 Å². The number of β-amino-alcohol motifs (C(OH)–C–C–N with tert-alkyl or cyclic N) is 1. The Kier molecular flexibility index (Phi) is 14.8. The molecule has 2 aliphatic heterocycles. The van der Waals surface area contributed by atoms with E-state index in [1.54, 1.807) is 12.3 Å². The van der Waals surface area contributed by atoms with Gasteiger partial charge < -0.3 is 31.0 Å². The number of benzene rings is 1. The lowest BCUT2D eigenvalue weighted by molar-refractivity contribution is -0.0980. The van der Waals surface area contributed by atoms with Crippen molar-refractivity contribution in [3.63, 3.8) is 0 Å². The number of piperazine rings is 1. The van der Waals surface area contributed by atoms with E-state index in [1.807, 2.05) is 44.0 Å². The minimum atomic E-state index is -0.312. The SMILES string of the molecule is C=O.CC(O)CN1CCN(c2ccc(Oc3cc(CN4CCC(CN)CC4)cc(-c4cc(Cl)cc(Cl)c4)n3)cn2)CC1.CN. The van der Waals surface area contributed by atoms with Crippen molar-refractivity contribution in [1.82, 2.24) is 19.8 Å².